The molecule has 12 nitrogen and oxygen atoms in total. The number of anilines is 2. The molecule has 0 spiro atoms. The zero-order valence-corrected chi connectivity index (χ0v) is 30.9. The lowest BCUT2D eigenvalue weighted by molar-refractivity contribution is -0.155. The fraction of sp³-hybridized carbons (Fsp3) is 0.450. The third-order valence-electron chi connectivity index (χ3n) is 9.10. The summed E-state index contributed by atoms with van der Waals surface area (Å²) in [6, 6.07) is 19.2. The minimum atomic E-state index is -0.513. The normalized spacial score (nSPS) is 16.7. The Morgan fingerprint density at radius 1 is 0.981 bits per heavy atom. The Balaban J connectivity index is 1.19. The van der Waals surface area contributed by atoms with Crippen molar-refractivity contribution in [1.29, 1.82) is 0 Å². The largest absolute Gasteiger partial charge is 0.495 e. The number of carbonyl (C=O) groups is 2. The van der Waals surface area contributed by atoms with Crippen LogP contribution in [0.2, 0.25) is 0 Å². The fourth-order valence-electron chi connectivity index (χ4n) is 6.41. The monoisotopic (exact) mass is 710 g/mol. The third kappa shape index (κ3) is 9.48. The van der Waals surface area contributed by atoms with E-state index in [0.29, 0.717) is 42.5 Å². The van der Waals surface area contributed by atoms with Gasteiger partial charge in [0.15, 0.2) is 6.23 Å². The van der Waals surface area contributed by atoms with Crippen LogP contribution in [0.4, 0.5) is 11.4 Å². The van der Waals surface area contributed by atoms with Crippen molar-refractivity contribution in [3.63, 3.8) is 0 Å². The number of nitrogens with one attached hydrogen (secondary N) is 1. The number of hydrogen-bond acceptors (Lipinski definition) is 10. The van der Waals surface area contributed by atoms with Crippen LogP contribution in [0.15, 0.2) is 66.9 Å². The molecule has 1 unspecified atom stereocenters. The fourth-order valence-corrected chi connectivity index (χ4v) is 6.41. The second-order valence-electron chi connectivity index (χ2n) is 14.3. The Hall–Kier alpha value is -4.94. The van der Waals surface area contributed by atoms with Crippen LogP contribution >= 0.6 is 0 Å². The molecule has 1 amide bonds. The summed E-state index contributed by atoms with van der Waals surface area (Å²) in [5.74, 6) is 0.642. The molecule has 2 aromatic carbocycles. The maximum Gasteiger partial charge on any atom is 0.306 e. The van der Waals surface area contributed by atoms with Gasteiger partial charge in [-0.1, -0.05) is 12.1 Å². The highest BCUT2D eigenvalue weighted by molar-refractivity contribution is 6.04. The van der Waals surface area contributed by atoms with E-state index in [1.807, 2.05) is 67.9 Å². The van der Waals surface area contributed by atoms with E-state index >= 15 is 0 Å². The van der Waals surface area contributed by atoms with Crippen LogP contribution in [0.25, 0.3) is 22.5 Å². The van der Waals surface area contributed by atoms with Gasteiger partial charge in [-0.15, -0.1) is 0 Å². The molecule has 52 heavy (non-hydrogen) atoms. The molecule has 2 saturated heterocycles. The number of aromatic nitrogens is 3. The predicted molar refractivity (Wildman–Crippen MR) is 201 cm³/mol. The highest BCUT2D eigenvalue weighted by Gasteiger charge is 2.22. The first kappa shape index (κ1) is 36.8. The molecule has 12 heteroatoms. The molecule has 1 N–H and O–H groups in total. The van der Waals surface area contributed by atoms with Gasteiger partial charge in [0.05, 0.1) is 30.8 Å². The van der Waals surface area contributed by atoms with Gasteiger partial charge in [0.25, 0.3) is 5.91 Å². The van der Waals surface area contributed by atoms with Gasteiger partial charge in [-0.05, 0) is 107 Å². The lowest BCUT2D eigenvalue weighted by Crippen LogP contribution is -2.44. The van der Waals surface area contributed by atoms with Crippen molar-refractivity contribution in [2.45, 2.75) is 64.7 Å². The Kier molecular flexibility index (Phi) is 11.8. The molecule has 0 radical (unpaired) electrons. The summed E-state index contributed by atoms with van der Waals surface area (Å²) in [6.07, 6.45) is 5.42. The van der Waals surface area contributed by atoms with Crippen LogP contribution in [-0.4, -0.2) is 90.7 Å². The highest BCUT2D eigenvalue weighted by atomic mass is 16.6. The van der Waals surface area contributed by atoms with Crippen molar-refractivity contribution in [2.75, 3.05) is 63.8 Å². The molecule has 1 atom stereocenters. The smallest absolute Gasteiger partial charge is 0.306 e. The second-order valence-corrected chi connectivity index (χ2v) is 14.3. The Labute approximate surface area is 306 Å². The number of nitrogens with zero attached hydrogens (tertiary/aromatic N) is 5. The molecule has 276 valence electrons. The van der Waals surface area contributed by atoms with Gasteiger partial charge >= 0.3 is 5.97 Å². The van der Waals surface area contributed by atoms with Crippen molar-refractivity contribution >= 4 is 23.3 Å². The van der Waals surface area contributed by atoms with E-state index in [9.17, 15) is 9.59 Å². The molecule has 0 saturated carbocycles. The quantitative estimate of drug-likeness (QED) is 0.124. The van der Waals surface area contributed by atoms with Crippen LogP contribution < -0.4 is 19.7 Å². The number of benzene rings is 2. The lowest BCUT2D eigenvalue weighted by Gasteiger charge is -2.34. The number of hydrogen-bond donors (Lipinski definition) is 1. The average Bonchev–Trinajstić information content (AvgIpc) is 3.64. The molecule has 2 aliphatic rings. The lowest BCUT2D eigenvalue weighted by atomic mass is 10.0. The SMILES string of the molecule is COc1cc(-c2cc(OCCCC(=O)OC(C)(C)C)cc(N3CCN(C)CC3)c2)ccc1NC(=O)c1cccc(-c2ccnn2C2CCCCO2)n1. The van der Waals surface area contributed by atoms with Crippen LogP contribution in [0, 0.1) is 0 Å². The van der Waals surface area contributed by atoms with Crippen LogP contribution in [-0.2, 0) is 14.3 Å². The van der Waals surface area contributed by atoms with Gasteiger partial charge in [0.2, 0.25) is 0 Å². The van der Waals surface area contributed by atoms with E-state index in [1.165, 1.54) is 0 Å². The van der Waals surface area contributed by atoms with Gasteiger partial charge in [-0.3, -0.25) is 9.59 Å². The van der Waals surface area contributed by atoms with Crippen molar-refractivity contribution < 1.29 is 28.5 Å². The minimum Gasteiger partial charge on any atom is -0.495 e. The van der Waals surface area contributed by atoms with Crippen molar-refractivity contribution in [2.24, 2.45) is 0 Å². The number of carbonyl (C=O) groups excluding carboxylic acids is 2. The van der Waals surface area contributed by atoms with E-state index in [-0.39, 0.29) is 30.2 Å². The molecule has 4 aromatic rings. The van der Waals surface area contributed by atoms with E-state index in [4.69, 9.17) is 23.9 Å². The summed E-state index contributed by atoms with van der Waals surface area (Å²) in [6.45, 7) is 10.4. The van der Waals surface area contributed by atoms with Crippen LogP contribution in [0.5, 0.6) is 11.5 Å². The number of rotatable bonds is 12. The first-order valence-electron chi connectivity index (χ1n) is 18.1. The van der Waals surface area contributed by atoms with Gasteiger partial charge in [-0.2, -0.15) is 5.10 Å². The van der Waals surface area contributed by atoms with Gasteiger partial charge in [0.1, 0.15) is 22.8 Å². The molecule has 2 fully saturated rings. The van der Waals surface area contributed by atoms with Crippen molar-refractivity contribution in [1.82, 2.24) is 19.7 Å². The number of pyridine rings is 1. The summed E-state index contributed by atoms with van der Waals surface area (Å²) >= 11 is 0. The highest BCUT2D eigenvalue weighted by Crippen LogP contribution is 2.36. The van der Waals surface area contributed by atoms with E-state index in [0.717, 1.165) is 67.9 Å². The van der Waals surface area contributed by atoms with Gasteiger partial charge < -0.3 is 34.1 Å². The molecular formula is C40H50N6O6. The summed E-state index contributed by atoms with van der Waals surface area (Å²) in [4.78, 5) is 35.1. The van der Waals surface area contributed by atoms with Crippen molar-refractivity contribution in [3.8, 4) is 34.0 Å². The third-order valence-corrected chi connectivity index (χ3v) is 9.10. The molecule has 0 bridgehead atoms. The summed E-state index contributed by atoms with van der Waals surface area (Å²) in [5, 5.41) is 7.49. The average molecular weight is 711 g/mol. The standard InChI is InChI=1S/C40H50N6O6/c1-40(2,3)52-38(47)13-9-23-50-31-25-29(24-30(27-31)45-20-18-44(4)19-21-45)28-14-15-33(36(26-28)49-5)43-39(48)34-11-8-10-32(42-34)35-16-17-41-46(35)37-12-6-7-22-51-37/h8,10-11,14-17,24-27,37H,6-7,9,12-13,18-23H2,1-5H3,(H,43,48). The minimum absolute atomic E-state index is 0.144. The summed E-state index contributed by atoms with van der Waals surface area (Å²) in [7, 11) is 3.72. The zero-order chi connectivity index (χ0) is 36.7. The van der Waals surface area contributed by atoms with Crippen LogP contribution in [0.1, 0.15) is 69.6 Å². The molecular weight excluding hydrogens is 660 g/mol. The van der Waals surface area contributed by atoms with Gasteiger partial charge in [-0.25, -0.2) is 9.67 Å². The number of ether oxygens (including phenoxy) is 4. The number of methoxy groups -OCH3 is 1. The summed E-state index contributed by atoms with van der Waals surface area (Å²) < 4.78 is 25.2. The number of piperazine rings is 1. The van der Waals surface area contributed by atoms with E-state index in [2.05, 4.69) is 39.4 Å². The predicted octanol–water partition coefficient (Wildman–Crippen LogP) is 6.82. The van der Waals surface area contributed by atoms with E-state index < -0.39 is 5.60 Å². The number of esters is 1. The maximum atomic E-state index is 13.5. The summed E-state index contributed by atoms with van der Waals surface area (Å²) in [5.41, 5.74) is 4.64. The maximum absolute atomic E-state index is 13.5. The topological polar surface area (TPSA) is 120 Å². The second kappa shape index (κ2) is 16.6. The number of amides is 1. The molecule has 0 aliphatic carbocycles. The molecule has 2 aliphatic heterocycles. The molecule has 4 heterocycles. The first-order valence-corrected chi connectivity index (χ1v) is 18.1. The Bertz CT molecular complexity index is 1840. The molecule has 2 aromatic heterocycles. The van der Waals surface area contributed by atoms with Gasteiger partial charge in [0, 0.05) is 57.2 Å². The van der Waals surface area contributed by atoms with E-state index in [1.54, 1.807) is 19.4 Å². The number of likely N-dealkylation sites (N-methyl/N-ethyl adjacent to an activating group) is 1. The Morgan fingerprint density at radius 2 is 1.81 bits per heavy atom. The molecule has 6 rings (SSSR count). The van der Waals surface area contributed by atoms with Crippen LogP contribution in [0.3, 0.4) is 0 Å². The zero-order valence-electron chi connectivity index (χ0n) is 30.9. The van der Waals surface area contributed by atoms with Crippen molar-refractivity contribution in [3.05, 3.63) is 72.6 Å². The Morgan fingerprint density at radius 3 is 2.56 bits per heavy atom. The first-order chi connectivity index (χ1) is 25.1.